The summed E-state index contributed by atoms with van der Waals surface area (Å²) in [5.41, 5.74) is 6.74. The molecule has 2 aromatic rings. The van der Waals surface area contributed by atoms with Gasteiger partial charge in [-0.05, 0) is 24.1 Å². The summed E-state index contributed by atoms with van der Waals surface area (Å²) in [7, 11) is -1.89. The molecule has 114 valence electrons. The Balaban J connectivity index is 2.15. The first kappa shape index (κ1) is 15.6. The van der Waals surface area contributed by atoms with Crippen LogP contribution in [0.15, 0.2) is 35.5 Å². The lowest BCUT2D eigenvalue weighted by Crippen LogP contribution is -2.24. The van der Waals surface area contributed by atoms with Gasteiger partial charge in [0, 0.05) is 13.1 Å². The van der Waals surface area contributed by atoms with Crippen molar-refractivity contribution in [2.45, 2.75) is 30.8 Å². The van der Waals surface area contributed by atoms with E-state index in [1.165, 1.54) is 11.0 Å². The Morgan fingerprint density at radius 3 is 2.81 bits per heavy atom. The van der Waals surface area contributed by atoms with Crippen molar-refractivity contribution in [2.75, 3.05) is 0 Å². The van der Waals surface area contributed by atoms with Crippen molar-refractivity contribution in [3.8, 4) is 0 Å². The van der Waals surface area contributed by atoms with Crippen molar-refractivity contribution in [1.82, 2.24) is 19.5 Å². The molecule has 1 heterocycles. The second-order valence-electron chi connectivity index (χ2n) is 4.75. The van der Waals surface area contributed by atoms with Gasteiger partial charge in [-0.2, -0.15) is 5.10 Å². The third-order valence-corrected chi connectivity index (χ3v) is 4.50. The van der Waals surface area contributed by atoms with E-state index in [1.54, 1.807) is 25.2 Å². The summed E-state index contributed by atoms with van der Waals surface area (Å²) in [6.07, 6.45) is 2.26. The van der Waals surface area contributed by atoms with Crippen LogP contribution in [0.2, 0.25) is 0 Å². The zero-order valence-electron chi connectivity index (χ0n) is 12.0. The number of benzene rings is 1. The van der Waals surface area contributed by atoms with Crippen LogP contribution in [0, 0.1) is 0 Å². The van der Waals surface area contributed by atoms with E-state index in [0.29, 0.717) is 5.82 Å². The Labute approximate surface area is 124 Å². The summed E-state index contributed by atoms with van der Waals surface area (Å²) >= 11 is 0. The van der Waals surface area contributed by atoms with Gasteiger partial charge in [0.2, 0.25) is 10.0 Å². The number of rotatable bonds is 6. The number of nitrogens with zero attached hydrogens (tertiary/aromatic N) is 3. The Kier molecular flexibility index (Phi) is 4.71. The third kappa shape index (κ3) is 3.87. The van der Waals surface area contributed by atoms with Crippen LogP contribution in [0.1, 0.15) is 30.8 Å². The first-order valence-corrected chi connectivity index (χ1v) is 8.10. The summed E-state index contributed by atoms with van der Waals surface area (Å²) in [6, 6.07) is 6.49. The summed E-state index contributed by atoms with van der Waals surface area (Å²) < 4.78 is 28.5. The van der Waals surface area contributed by atoms with Crippen molar-refractivity contribution < 1.29 is 8.42 Å². The maximum Gasteiger partial charge on any atom is 0.240 e. The molecule has 7 nitrogen and oxygen atoms in total. The van der Waals surface area contributed by atoms with Crippen molar-refractivity contribution in [1.29, 1.82) is 0 Å². The molecular formula is C13H19N5O2S. The SMILES string of the molecule is CCC(N)c1cccc(S(=O)(=O)NCc2ncn(C)n2)c1. The molecule has 0 saturated heterocycles. The van der Waals surface area contributed by atoms with Crippen LogP contribution in [0.5, 0.6) is 0 Å². The minimum absolute atomic E-state index is 0.0488. The maximum atomic E-state index is 12.3. The quantitative estimate of drug-likeness (QED) is 0.817. The molecule has 21 heavy (non-hydrogen) atoms. The van der Waals surface area contributed by atoms with Gasteiger partial charge < -0.3 is 5.73 Å². The lowest BCUT2D eigenvalue weighted by molar-refractivity contribution is 0.578. The van der Waals surface area contributed by atoms with Gasteiger partial charge >= 0.3 is 0 Å². The van der Waals surface area contributed by atoms with E-state index in [-0.39, 0.29) is 17.5 Å². The van der Waals surface area contributed by atoms with E-state index in [9.17, 15) is 8.42 Å². The number of hydrogen-bond acceptors (Lipinski definition) is 5. The molecule has 0 radical (unpaired) electrons. The predicted octanol–water partition coefficient (Wildman–Crippen LogP) is 0.703. The van der Waals surface area contributed by atoms with Crippen LogP contribution in [0.3, 0.4) is 0 Å². The minimum atomic E-state index is -3.61. The van der Waals surface area contributed by atoms with Crippen LogP contribution in [-0.2, 0) is 23.6 Å². The second kappa shape index (κ2) is 6.33. The Morgan fingerprint density at radius 1 is 1.43 bits per heavy atom. The van der Waals surface area contributed by atoms with Crippen molar-refractivity contribution in [2.24, 2.45) is 12.8 Å². The highest BCUT2D eigenvalue weighted by Gasteiger charge is 2.16. The smallest absolute Gasteiger partial charge is 0.240 e. The largest absolute Gasteiger partial charge is 0.324 e. The van der Waals surface area contributed by atoms with Gasteiger partial charge in [0.25, 0.3) is 0 Å². The summed E-state index contributed by atoms with van der Waals surface area (Å²) in [5, 5.41) is 4.03. The van der Waals surface area contributed by atoms with E-state index < -0.39 is 10.0 Å². The maximum absolute atomic E-state index is 12.3. The molecule has 2 rings (SSSR count). The predicted molar refractivity (Wildman–Crippen MR) is 78.7 cm³/mol. The molecule has 0 spiro atoms. The monoisotopic (exact) mass is 309 g/mol. The Morgan fingerprint density at radius 2 is 2.19 bits per heavy atom. The van der Waals surface area contributed by atoms with Crippen molar-refractivity contribution in [3.63, 3.8) is 0 Å². The molecule has 1 aromatic heterocycles. The molecule has 0 aliphatic carbocycles. The fourth-order valence-electron chi connectivity index (χ4n) is 1.86. The van der Waals surface area contributed by atoms with Crippen molar-refractivity contribution >= 4 is 10.0 Å². The number of aromatic nitrogens is 3. The van der Waals surface area contributed by atoms with E-state index >= 15 is 0 Å². The minimum Gasteiger partial charge on any atom is -0.324 e. The van der Waals surface area contributed by atoms with Gasteiger partial charge in [-0.1, -0.05) is 19.1 Å². The van der Waals surface area contributed by atoms with Gasteiger partial charge in [0.1, 0.15) is 6.33 Å². The van der Waals surface area contributed by atoms with Crippen LogP contribution >= 0.6 is 0 Å². The third-order valence-electron chi connectivity index (χ3n) is 3.10. The highest BCUT2D eigenvalue weighted by molar-refractivity contribution is 7.89. The number of aryl methyl sites for hydroxylation is 1. The highest BCUT2D eigenvalue weighted by Crippen LogP contribution is 2.18. The van der Waals surface area contributed by atoms with Gasteiger partial charge in [0.05, 0.1) is 11.4 Å². The van der Waals surface area contributed by atoms with Crippen molar-refractivity contribution in [3.05, 3.63) is 42.0 Å². The molecule has 1 unspecified atom stereocenters. The molecular weight excluding hydrogens is 290 g/mol. The topological polar surface area (TPSA) is 103 Å². The van der Waals surface area contributed by atoms with Gasteiger partial charge in [0.15, 0.2) is 5.82 Å². The second-order valence-corrected chi connectivity index (χ2v) is 6.51. The molecule has 8 heteroatoms. The first-order chi connectivity index (χ1) is 9.92. The van der Waals surface area contributed by atoms with E-state index in [1.807, 2.05) is 13.0 Å². The summed E-state index contributed by atoms with van der Waals surface area (Å²) in [5.74, 6) is 0.419. The molecule has 0 aliphatic heterocycles. The van der Waals surface area contributed by atoms with Crippen LogP contribution < -0.4 is 10.5 Å². The Hall–Kier alpha value is -1.77. The number of sulfonamides is 1. The number of hydrogen-bond donors (Lipinski definition) is 2. The lowest BCUT2D eigenvalue weighted by atomic mass is 10.1. The molecule has 0 amide bonds. The fraction of sp³-hybridized carbons (Fsp3) is 0.385. The average Bonchev–Trinajstić information content (AvgIpc) is 2.90. The van der Waals surface area contributed by atoms with Gasteiger partial charge in [-0.25, -0.2) is 18.1 Å². The summed E-state index contributed by atoms with van der Waals surface area (Å²) in [4.78, 5) is 4.17. The average molecular weight is 309 g/mol. The number of nitrogens with one attached hydrogen (secondary N) is 1. The highest BCUT2D eigenvalue weighted by atomic mass is 32.2. The molecule has 0 aliphatic rings. The van der Waals surface area contributed by atoms with Gasteiger partial charge in [-0.3, -0.25) is 4.68 Å². The number of nitrogens with two attached hydrogens (primary N) is 1. The summed E-state index contributed by atoms with van der Waals surface area (Å²) in [6.45, 7) is 2.00. The van der Waals surface area contributed by atoms with Crippen LogP contribution in [0.4, 0.5) is 0 Å². The first-order valence-electron chi connectivity index (χ1n) is 6.62. The lowest BCUT2D eigenvalue weighted by Gasteiger charge is -2.11. The molecule has 1 atom stereocenters. The zero-order valence-corrected chi connectivity index (χ0v) is 12.8. The molecule has 0 fully saturated rings. The molecule has 1 aromatic carbocycles. The molecule has 0 saturated carbocycles. The van der Waals surface area contributed by atoms with Crippen LogP contribution in [-0.4, -0.2) is 23.2 Å². The fourth-order valence-corrected chi connectivity index (χ4v) is 2.89. The van der Waals surface area contributed by atoms with E-state index in [0.717, 1.165) is 12.0 Å². The van der Waals surface area contributed by atoms with E-state index in [4.69, 9.17) is 5.73 Å². The zero-order chi connectivity index (χ0) is 15.5. The Bertz CT molecular complexity index is 711. The standard InChI is InChI=1S/C13H19N5O2S/c1-3-12(14)10-5-4-6-11(7-10)21(19,20)16-8-13-15-9-18(2)17-13/h4-7,9,12,16H,3,8,14H2,1-2H3. The molecule has 3 N–H and O–H groups in total. The van der Waals surface area contributed by atoms with Gasteiger partial charge in [-0.15, -0.1) is 0 Å². The van der Waals surface area contributed by atoms with E-state index in [2.05, 4.69) is 14.8 Å². The molecule has 0 bridgehead atoms. The normalized spacial score (nSPS) is 13.3. The van der Waals surface area contributed by atoms with Crippen LogP contribution in [0.25, 0.3) is 0 Å².